The van der Waals surface area contributed by atoms with Gasteiger partial charge >= 0.3 is 0 Å². The molecule has 0 aromatic heterocycles. The molecule has 0 aliphatic heterocycles. The molecular weight excluding hydrogens is 408 g/mol. The fourth-order valence-corrected chi connectivity index (χ4v) is 12.1. The molecule has 4 nitrogen and oxygen atoms in total. The molecule has 0 spiro atoms. The van der Waals surface area contributed by atoms with E-state index >= 15 is 0 Å². The summed E-state index contributed by atoms with van der Waals surface area (Å²) in [7, 11) is 0. The summed E-state index contributed by atoms with van der Waals surface area (Å²) in [6.07, 6.45) is 19.5. The predicted octanol–water partition coefficient (Wildman–Crippen LogP) is 4.96. The van der Waals surface area contributed by atoms with Crippen LogP contribution in [-0.2, 0) is 9.59 Å². The lowest BCUT2D eigenvalue weighted by Gasteiger charge is -2.57. The van der Waals surface area contributed by atoms with Crippen LogP contribution in [-0.4, -0.2) is 23.4 Å². The molecule has 3 unspecified atom stereocenters. The van der Waals surface area contributed by atoms with E-state index in [1.807, 2.05) is 0 Å². The monoisotopic (exact) mass is 450 g/mol. The maximum absolute atomic E-state index is 14.0. The molecule has 0 aromatic carbocycles. The summed E-state index contributed by atoms with van der Waals surface area (Å²) in [4.78, 5) is 27.8. The van der Waals surface area contributed by atoms with Crippen molar-refractivity contribution in [3.05, 3.63) is 0 Å². The Morgan fingerprint density at radius 3 is 1.45 bits per heavy atom. The van der Waals surface area contributed by atoms with Crippen LogP contribution in [0.25, 0.3) is 0 Å². The summed E-state index contributed by atoms with van der Waals surface area (Å²) in [6, 6.07) is 0.162. The zero-order valence-electron chi connectivity index (χ0n) is 20.2. The highest BCUT2D eigenvalue weighted by Crippen LogP contribution is 2.62. The number of carbonyl (C=O) groups excluding carboxylic acids is 2. The third kappa shape index (κ3) is 2.87. The van der Waals surface area contributed by atoms with Crippen LogP contribution in [0.4, 0.5) is 0 Å². The SMILES string of the molecule is O=C(NC1CC2CCC1(NC(=O)C13CC4CC(CC(C4)C1)C3)C2)C12CC3CC(CC(C3)C1)C2. The largest absolute Gasteiger partial charge is 0.351 e. The summed E-state index contributed by atoms with van der Waals surface area (Å²) in [5.41, 5.74) is -0.330. The topological polar surface area (TPSA) is 58.2 Å². The molecular formula is C29H42N2O2. The number of rotatable bonds is 4. The van der Waals surface area contributed by atoms with Crippen molar-refractivity contribution < 1.29 is 9.59 Å². The molecule has 180 valence electrons. The molecule has 10 fully saturated rings. The summed E-state index contributed by atoms with van der Waals surface area (Å²) in [6.45, 7) is 0. The lowest BCUT2D eigenvalue weighted by atomic mass is 9.49. The van der Waals surface area contributed by atoms with Crippen LogP contribution in [0.2, 0.25) is 0 Å². The zero-order chi connectivity index (χ0) is 22.0. The minimum absolute atomic E-state index is 0.0816. The van der Waals surface area contributed by atoms with Gasteiger partial charge in [-0.2, -0.15) is 0 Å². The lowest BCUT2D eigenvalue weighted by molar-refractivity contribution is -0.151. The molecule has 10 bridgehead atoms. The molecule has 33 heavy (non-hydrogen) atoms. The average molecular weight is 451 g/mol. The number of nitrogens with one attached hydrogen (secondary N) is 2. The van der Waals surface area contributed by atoms with Gasteiger partial charge in [0, 0.05) is 10.8 Å². The fraction of sp³-hybridized carbons (Fsp3) is 0.931. The Labute approximate surface area is 198 Å². The minimum Gasteiger partial charge on any atom is -0.351 e. The maximum Gasteiger partial charge on any atom is 0.226 e. The van der Waals surface area contributed by atoms with Crippen molar-refractivity contribution in [1.82, 2.24) is 10.6 Å². The van der Waals surface area contributed by atoms with Gasteiger partial charge in [-0.1, -0.05) is 0 Å². The fourth-order valence-electron chi connectivity index (χ4n) is 12.1. The highest BCUT2D eigenvalue weighted by molar-refractivity contribution is 5.85. The van der Waals surface area contributed by atoms with E-state index in [0.29, 0.717) is 17.7 Å². The van der Waals surface area contributed by atoms with Crippen LogP contribution in [0.5, 0.6) is 0 Å². The van der Waals surface area contributed by atoms with Gasteiger partial charge in [0.15, 0.2) is 0 Å². The first-order valence-corrected chi connectivity index (χ1v) is 14.5. The van der Waals surface area contributed by atoms with Gasteiger partial charge in [-0.15, -0.1) is 0 Å². The normalized spacial score (nSPS) is 57.0. The molecule has 3 atom stereocenters. The molecule has 10 aliphatic carbocycles. The van der Waals surface area contributed by atoms with Crippen LogP contribution in [0.3, 0.4) is 0 Å². The van der Waals surface area contributed by atoms with Crippen molar-refractivity contribution in [1.29, 1.82) is 0 Å². The van der Waals surface area contributed by atoms with Crippen LogP contribution < -0.4 is 10.6 Å². The van der Waals surface area contributed by atoms with Crippen molar-refractivity contribution in [2.75, 3.05) is 0 Å². The zero-order valence-corrected chi connectivity index (χ0v) is 20.2. The Morgan fingerprint density at radius 2 is 1.00 bits per heavy atom. The third-order valence-electron chi connectivity index (χ3n) is 12.6. The third-order valence-corrected chi connectivity index (χ3v) is 12.6. The Morgan fingerprint density at radius 1 is 0.545 bits per heavy atom. The second kappa shape index (κ2) is 6.58. The first-order valence-electron chi connectivity index (χ1n) is 14.5. The van der Waals surface area contributed by atoms with Crippen molar-refractivity contribution in [3.63, 3.8) is 0 Å². The van der Waals surface area contributed by atoms with E-state index in [0.717, 1.165) is 93.3 Å². The average Bonchev–Trinajstić information content (AvgIpc) is 3.29. The molecule has 0 aromatic rings. The van der Waals surface area contributed by atoms with Crippen molar-refractivity contribution in [2.24, 2.45) is 52.3 Å². The maximum atomic E-state index is 14.0. The molecule has 2 amide bonds. The van der Waals surface area contributed by atoms with E-state index in [1.54, 1.807) is 0 Å². The van der Waals surface area contributed by atoms with Crippen LogP contribution in [0, 0.1) is 52.3 Å². The first kappa shape index (κ1) is 20.2. The number of hydrogen-bond acceptors (Lipinski definition) is 2. The summed E-state index contributed by atoms with van der Waals surface area (Å²) >= 11 is 0. The number of carbonyl (C=O) groups is 2. The van der Waals surface area contributed by atoms with Gasteiger partial charge in [-0.25, -0.2) is 0 Å². The van der Waals surface area contributed by atoms with Crippen molar-refractivity contribution in [3.8, 4) is 0 Å². The van der Waals surface area contributed by atoms with Crippen LogP contribution in [0.15, 0.2) is 0 Å². The van der Waals surface area contributed by atoms with E-state index in [-0.39, 0.29) is 22.4 Å². The molecule has 0 saturated heterocycles. The van der Waals surface area contributed by atoms with Crippen molar-refractivity contribution >= 4 is 11.8 Å². The Hall–Kier alpha value is -1.06. The Balaban J connectivity index is 1.02. The first-order chi connectivity index (χ1) is 15.9. The van der Waals surface area contributed by atoms with E-state index in [1.165, 1.54) is 44.9 Å². The molecule has 10 rings (SSSR count). The highest BCUT2D eigenvalue weighted by Gasteiger charge is 2.60. The number of amides is 2. The molecule has 0 radical (unpaired) electrons. The van der Waals surface area contributed by atoms with Gasteiger partial charge < -0.3 is 10.6 Å². The standard InChI is InChI=1S/C29H42N2O2/c32-25(27-10-18-3-19(11-27)5-20(4-18)12-27)30-24-9-17-1-2-29(24,16-17)31-26(33)28-13-21-6-22(14-28)8-23(7-21)15-28/h17-24H,1-16H2,(H,30,32)(H,31,33). The molecule has 10 aliphatic rings. The van der Waals surface area contributed by atoms with Gasteiger partial charge in [-0.3, -0.25) is 9.59 Å². The molecule has 4 heteroatoms. The second-order valence-corrected chi connectivity index (χ2v) is 14.9. The van der Waals surface area contributed by atoms with E-state index in [9.17, 15) is 9.59 Å². The van der Waals surface area contributed by atoms with Crippen LogP contribution in [0.1, 0.15) is 103 Å². The smallest absolute Gasteiger partial charge is 0.226 e. The van der Waals surface area contributed by atoms with Gasteiger partial charge in [0.1, 0.15) is 0 Å². The molecule has 0 heterocycles. The molecule has 2 N–H and O–H groups in total. The predicted molar refractivity (Wildman–Crippen MR) is 126 cm³/mol. The Bertz CT molecular complexity index is 823. The summed E-state index contributed by atoms with van der Waals surface area (Å²) in [5, 5.41) is 7.35. The number of fused-ring (bicyclic) bond motifs is 2. The Kier molecular flexibility index (Phi) is 4.02. The van der Waals surface area contributed by atoms with Crippen molar-refractivity contribution in [2.45, 2.75) is 114 Å². The minimum atomic E-state index is -0.164. The van der Waals surface area contributed by atoms with Crippen LogP contribution >= 0.6 is 0 Å². The summed E-state index contributed by atoms with van der Waals surface area (Å²) < 4.78 is 0. The molecule has 10 saturated carbocycles. The van der Waals surface area contributed by atoms with Gasteiger partial charge in [0.2, 0.25) is 11.8 Å². The lowest BCUT2D eigenvalue weighted by Crippen LogP contribution is -2.65. The van der Waals surface area contributed by atoms with E-state index < -0.39 is 0 Å². The van der Waals surface area contributed by atoms with E-state index in [2.05, 4.69) is 10.6 Å². The highest BCUT2D eigenvalue weighted by atomic mass is 16.2. The quantitative estimate of drug-likeness (QED) is 0.636. The second-order valence-electron chi connectivity index (χ2n) is 14.9. The van der Waals surface area contributed by atoms with Gasteiger partial charge in [-0.05, 0) is 144 Å². The van der Waals surface area contributed by atoms with Gasteiger partial charge in [0.25, 0.3) is 0 Å². The van der Waals surface area contributed by atoms with Gasteiger partial charge in [0.05, 0.1) is 11.6 Å². The van der Waals surface area contributed by atoms with E-state index in [4.69, 9.17) is 0 Å². The summed E-state index contributed by atoms with van der Waals surface area (Å²) in [5.74, 6) is 6.21. The number of hydrogen-bond donors (Lipinski definition) is 2.